The highest BCUT2D eigenvalue weighted by Crippen LogP contribution is 2.25. The Bertz CT molecular complexity index is 1150. The first-order chi connectivity index (χ1) is 14.8. The number of amides is 1. The SMILES string of the molecule is COc1ccc(-c2cc(C(=O)NCc3ccc(Cl)c(Cl)c3)c(/C(N)=N/O)c(C)n2)cc1. The zero-order chi connectivity index (χ0) is 22.5. The molecule has 2 aromatic carbocycles. The van der Waals surface area contributed by atoms with Gasteiger partial charge in [0.05, 0.1) is 34.0 Å². The molecule has 1 heterocycles. The fourth-order valence-electron chi connectivity index (χ4n) is 3.06. The molecule has 0 aliphatic heterocycles. The van der Waals surface area contributed by atoms with Crippen LogP contribution in [0.4, 0.5) is 0 Å². The average molecular weight is 459 g/mol. The molecule has 9 heteroatoms. The number of nitrogens with two attached hydrogens (primary N) is 1. The molecule has 1 amide bonds. The topological polar surface area (TPSA) is 110 Å². The largest absolute Gasteiger partial charge is 0.497 e. The molecule has 0 unspecified atom stereocenters. The lowest BCUT2D eigenvalue weighted by Crippen LogP contribution is -2.28. The van der Waals surface area contributed by atoms with Gasteiger partial charge in [0.2, 0.25) is 0 Å². The first kappa shape index (κ1) is 22.4. The monoisotopic (exact) mass is 458 g/mol. The van der Waals surface area contributed by atoms with Gasteiger partial charge >= 0.3 is 0 Å². The van der Waals surface area contributed by atoms with E-state index in [0.717, 1.165) is 11.1 Å². The summed E-state index contributed by atoms with van der Waals surface area (Å²) < 4.78 is 5.18. The van der Waals surface area contributed by atoms with Crippen LogP contribution in [-0.4, -0.2) is 29.0 Å². The Morgan fingerprint density at radius 3 is 2.48 bits per heavy atom. The summed E-state index contributed by atoms with van der Waals surface area (Å²) in [4.78, 5) is 17.6. The van der Waals surface area contributed by atoms with E-state index in [0.29, 0.717) is 27.2 Å². The smallest absolute Gasteiger partial charge is 0.252 e. The van der Waals surface area contributed by atoms with E-state index in [1.807, 2.05) is 12.1 Å². The molecule has 3 aromatic rings. The van der Waals surface area contributed by atoms with Crippen LogP contribution in [0.25, 0.3) is 11.3 Å². The molecule has 0 fully saturated rings. The Kier molecular flexibility index (Phi) is 6.99. The molecular formula is C22H20Cl2N4O3. The third-order valence-corrected chi connectivity index (χ3v) is 5.37. The van der Waals surface area contributed by atoms with E-state index < -0.39 is 5.91 Å². The number of nitrogens with one attached hydrogen (secondary N) is 1. The molecular weight excluding hydrogens is 439 g/mol. The number of carbonyl (C=O) groups is 1. The van der Waals surface area contributed by atoms with Crippen molar-refractivity contribution in [3.8, 4) is 17.0 Å². The molecule has 0 spiro atoms. The molecule has 0 atom stereocenters. The first-order valence-corrected chi connectivity index (χ1v) is 9.95. The zero-order valence-corrected chi connectivity index (χ0v) is 18.3. The molecule has 1 aromatic heterocycles. The van der Waals surface area contributed by atoms with Crippen molar-refractivity contribution in [2.24, 2.45) is 10.9 Å². The van der Waals surface area contributed by atoms with Crippen LogP contribution in [-0.2, 0) is 6.54 Å². The molecule has 0 bridgehead atoms. The Balaban J connectivity index is 1.97. The summed E-state index contributed by atoms with van der Waals surface area (Å²) in [6.07, 6.45) is 0. The lowest BCUT2D eigenvalue weighted by Gasteiger charge is -2.14. The number of aryl methyl sites for hydroxylation is 1. The number of oxime groups is 1. The lowest BCUT2D eigenvalue weighted by atomic mass is 10.0. The van der Waals surface area contributed by atoms with Gasteiger partial charge in [-0.05, 0) is 55.0 Å². The summed E-state index contributed by atoms with van der Waals surface area (Å²) >= 11 is 12.0. The van der Waals surface area contributed by atoms with Gasteiger partial charge in [0.15, 0.2) is 5.84 Å². The van der Waals surface area contributed by atoms with Crippen LogP contribution >= 0.6 is 23.2 Å². The van der Waals surface area contributed by atoms with Crippen molar-refractivity contribution in [3.05, 3.63) is 81.0 Å². The van der Waals surface area contributed by atoms with Gasteiger partial charge in [-0.15, -0.1) is 0 Å². The number of rotatable bonds is 6. The van der Waals surface area contributed by atoms with Crippen LogP contribution < -0.4 is 15.8 Å². The lowest BCUT2D eigenvalue weighted by molar-refractivity contribution is 0.0950. The Hall–Kier alpha value is -3.29. The van der Waals surface area contributed by atoms with Gasteiger partial charge in [-0.1, -0.05) is 34.4 Å². The number of ether oxygens (including phenoxy) is 1. The molecule has 0 aliphatic rings. The number of methoxy groups -OCH3 is 1. The number of aromatic nitrogens is 1. The van der Waals surface area contributed by atoms with E-state index in [1.165, 1.54) is 0 Å². The second kappa shape index (κ2) is 9.68. The highest BCUT2D eigenvalue weighted by atomic mass is 35.5. The molecule has 0 radical (unpaired) electrons. The number of hydrogen-bond acceptors (Lipinski definition) is 5. The van der Waals surface area contributed by atoms with E-state index in [-0.39, 0.29) is 23.5 Å². The minimum Gasteiger partial charge on any atom is -0.497 e. The first-order valence-electron chi connectivity index (χ1n) is 9.20. The van der Waals surface area contributed by atoms with Crippen LogP contribution in [0.1, 0.15) is 27.2 Å². The molecule has 4 N–H and O–H groups in total. The van der Waals surface area contributed by atoms with E-state index in [4.69, 9.17) is 33.7 Å². The maximum Gasteiger partial charge on any atom is 0.252 e. The molecule has 0 saturated heterocycles. The van der Waals surface area contributed by atoms with Gasteiger partial charge in [-0.3, -0.25) is 9.78 Å². The summed E-state index contributed by atoms with van der Waals surface area (Å²) in [5.41, 5.74) is 8.89. The fourth-order valence-corrected chi connectivity index (χ4v) is 3.38. The number of nitrogens with zero attached hydrogens (tertiary/aromatic N) is 2. The second-order valence-electron chi connectivity index (χ2n) is 6.66. The quantitative estimate of drug-likeness (QED) is 0.219. The van der Waals surface area contributed by atoms with Gasteiger partial charge in [-0.25, -0.2) is 0 Å². The summed E-state index contributed by atoms with van der Waals surface area (Å²) in [7, 11) is 1.58. The highest BCUT2D eigenvalue weighted by Gasteiger charge is 2.20. The van der Waals surface area contributed by atoms with Crippen LogP contribution in [0.15, 0.2) is 53.7 Å². The Morgan fingerprint density at radius 1 is 1.16 bits per heavy atom. The predicted octanol–water partition coefficient (Wildman–Crippen LogP) is 4.40. The van der Waals surface area contributed by atoms with Crippen LogP contribution in [0.2, 0.25) is 10.0 Å². The van der Waals surface area contributed by atoms with Crippen LogP contribution in [0.5, 0.6) is 5.75 Å². The van der Waals surface area contributed by atoms with Crippen molar-refractivity contribution in [1.29, 1.82) is 0 Å². The standard InChI is InChI=1S/C22H20Cl2N4O3/c1-12-20(21(25)28-30)16(10-19(27-12)14-4-6-15(31-2)7-5-14)22(29)26-11-13-3-8-17(23)18(24)9-13/h3-10,30H,11H2,1-2H3,(H2,25,28)(H,26,29). The summed E-state index contributed by atoms with van der Waals surface area (Å²) in [6.45, 7) is 1.90. The Labute approximate surface area is 189 Å². The van der Waals surface area contributed by atoms with Crippen molar-refractivity contribution in [1.82, 2.24) is 10.3 Å². The Morgan fingerprint density at radius 2 is 1.87 bits per heavy atom. The third-order valence-electron chi connectivity index (χ3n) is 4.63. The van der Waals surface area contributed by atoms with Gasteiger partial charge in [0.1, 0.15) is 5.75 Å². The van der Waals surface area contributed by atoms with Gasteiger partial charge in [-0.2, -0.15) is 0 Å². The maximum atomic E-state index is 13.0. The average Bonchev–Trinajstić information content (AvgIpc) is 2.78. The van der Waals surface area contributed by atoms with Crippen LogP contribution in [0.3, 0.4) is 0 Å². The zero-order valence-electron chi connectivity index (χ0n) is 16.8. The van der Waals surface area contributed by atoms with Gasteiger partial charge in [0.25, 0.3) is 5.91 Å². The second-order valence-corrected chi connectivity index (χ2v) is 7.47. The molecule has 31 heavy (non-hydrogen) atoms. The molecule has 7 nitrogen and oxygen atoms in total. The van der Waals surface area contributed by atoms with E-state index in [2.05, 4.69) is 15.5 Å². The number of hydrogen-bond donors (Lipinski definition) is 3. The predicted molar refractivity (Wildman–Crippen MR) is 121 cm³/mol. The van der Waals surface area contributed by atoms with Gasteiger partial charge < -0.3 is 21.0 Å². The summed E-state index contributed by atoms with van der Waals surface area (Å²) in [5.74, 6) is 0.0900. The summed E-state index contributed by atoms with van der Waals surface area (Å²) in [5, 5.41) is 15.9. The van der Waals surface area contributed by atoms with Crippen molar-refractivity contribution in [3.63, 3.8) is 0 Å². The van der Waals surface area contributed by atoms with E-state index in [9.17, 15) is 10.0 Å². The summed E-state index contributed by atoms with van der Waals surface area (Å²) in [6, 6.07) is 14.0. The number of amidine groups is 1. The maximum absolute atomic E-state index is 13.0. The minimum atomic E-state index is -0.409. The third kappa shape index (κ3) is 5.07. The van der Waals surface area contributed by atoms with Crippen molar-refractivity contribution < 1.29 is 14.7 Å². The highest BCUT2D eigenvalue weighted by molar-refractivity contribution is 6.42. The molecule has 0 saturated carbocycles. The number of benzene rings is 2. The number of pyridine rings is 1. The minimum absolute atomic E-state index is 0.203. The van der Waals surface area contributed by atoms with Crippen molar-refractivity contribution in [2.75, 3.05) is 7.11 Å². The molecule has 3 rings (SSSR count). The number of carbonyl (C=O) groups excluding carboxylic acids is 1. The van der Waals surface area contributed by atoms with Crippen molar-refractivity contribution in [2.45, 2.75) is 13.5 Å². The molecule has 160 valence electrons. The van der Waals surface area contributed by atoms with E-state index >= 15 is 0 Å². The van der Waals surface area contributed by atoms with Crippen LogP contribution in [0, 0.1) is 6.92 Å². The fraction of sp³-hybridized carbons (Fsp3) is 0.136. The van der Waals surface area contributed by atoms with E-state index in [1.54, 1.807) is 50.4 Å². The molecule has 0 aliphatic carbocycles. The van der Waals surface area contributed by atoms with Gasteiger partial charge in [0, 0.05) is 17.8 Å². The van der Waals surface area contributed by atoms with Crippen molar-refractivity contribution >= 4 is 34.9 Å². The normalized spacial score (nSPS) is 11.3. The number of halogens is 2.